The lowest BCUT2D eigenvalue weighted by Crippen LogP contribution is -2.53. The Labute approximate surface area is 167 Å². The minimum absolute atomic E-state index is 0.229. The number of nitrogens with one attached hydrogen (secondary N) is 1. The molecule has 1 fully saturated rings. The summed E-state index contributed by atoms with van der Waals surface area (Å²) < 4.78 is 5.25. The summed E-state index contributed by atoms with van der Waals surface area (Å²) in [7, 11) is 1.68. The Morgan fingerprint density at radius 1 is 1.29 bits per heavy atom. The van der Waals surface area contributed by atoms with Gasteiger partial charge in [0.15, 0.2) is 0 Å². The van der Waals surface area contributed by atoms with E-state index in [1.807, 2.05) is 18.3 Å². The van der Waals surface area contributed by atoms with Crippen LogP contribution in [0.5, 0.6) is 5.75 Å². The standard InChI is InChI=1S/C22H32N4O2/c1-17(2)8-10-26-12-11-25(16-20(26)9-13-27)15-19-14-23-24-22(19)18-4-6-21(28-3)7-5-18/h4-8,14,20,27H,9-13,15-16H2,1-3H3,(H,23,24)/t20-/m0/s1. The van der Waals surface area contributed by atoms with Gasteiger partial charge in [-0.05, 0) is 44.5 Å². The van der Waals surface area contributed by atoms with Crippen molar-refractivity contribution in [3.63, 3.8) is 0 Å². The van der Waals surface area contributed by atoms with Crippen LogP contribution >= 0.6 is 0 Å². The summed E-state index contributed by atoms with van der Waals surface area (Å²) in [6, 6.07) is 8.44. The summed E-state index contributed by atoms with van der Waals surface area (Å²) in [5, 5.41) is 16.9. The Hall–Kier alpha value is -2.15. The third-order valence-corrected chi connectivity index (χ3v) is 5.38. The van der Waals surface area contributed by atoms with Crippen LogP contribution in [0.4, 0.5) is 0 Å². The second kappa shape index (κ2) is 9.87. The van der Waals surface area contributed by atoms with Gasteiger partial charge in [-0.25, -0.2) is 0 Å². The molecule has 2 heterocycles. The fourth-order valence-electron chi connectivity index (χ4n) is 3.74. The highest BCUT2D eigenvalue weighted by Gasteiger charge is 2.26. The molecule has 2 aromatic rings. The van der Waals surface area contributed by atoms with Gasteiger partial charge in [-0.15, -0.1) is 0 Å². The number of aliphatic hydroxyl groups excluding tert-OH is 1. The quantitative estimate of drug-likeness (QED) is 0.685. The fourth-order valence-corrected chi connectivity index (χ4v) is 3.74. The summed E-state index contributed by atoms with van der Waals surface area (Å²) in [5.41, 5.74) is 4.72. The molecular weight excluding hydrogens is 352 g/mol. The summed E-state index contributed by atoms with van der Waals surface area (Å²) >= 11 is 0. The van der Waals surface area contributed by atoms with Gasteiger partial charge in [-0.2, -0.15) is 5.10 Å². The molecule has 0 saturated carbocycles. The number of rotatable bonds is 8. The van der Waals surface area contributed by atoms with Crippen LogP contribution in [0, 0.1) is 0 Å². The van der Waals surface area contributed by atoms with E-state index < -0.39 is 0 Å². The molecular formula is C22H32N4O2. The van der Waals surface area contributed by atoms with Crippen LogP contribution in [-0.2, 0) is 6.54 Å². The maximum atomic E-state index is 9.51. The van der Waals surface area contributed by atoms with Gasteiger partial charge in [0.25, 0.3) is 0 Å². The number of hydrogen-bond donors (Lipinski definition) is 2. The van der Waals surface area contributed by atoms with Crippen molar-refractivity contribution in [3.05, 3.63) is 47.7 Å². The largest absolute Gasteiger partial charge is 0.497 e. The normalized spacial score (nSPS) is 18.2. The highest BCUT2D eigenvalue weighted by molar-refractivity contribution is 5.63. The maximum Gasteiger partial charge on any atom is 0.118 e. The number of H-pyrrole nitrogens is 1. The summed E-state index contributed by atoms with van der Waals surface area (Å²) in [6.07, 6.45) is 5.01. The van der Waals surface area contributed by atoms with E-state index in [0.29, 0.717) is 6.04 Å². The Balaban J connectivity index is 1.67. The van der Waals surface area contributed by atoms with Crippen molar-refractivity contribution < 1.29 is 9.84 Å². The molecule has 1 saturated heterocycles. The Morgan fingerprint density at radius 2 is 2.07 bits per heavy atom. The number of benzene rings is 1. The van der Waals surface area contributed by atoms with Crippen molar-refractivity contribution in [2.75, 3.05) is 39.9 Å². The molecule has 2 N–H and O–H groups in total. The minimum atomic E-state index is 0.229. The summed E-state index contributed by atoms with van der Waals surface area (Å²) in [6.45, 7) is 9.32. The van der Waals surface area contributed by atoms with E-state index in [2.05, 4.69) is 52.1 Å². The van der Waals surface area contributed by atoms with Gasteiger partial charge in [0.1, 0.15) is 5.75 Å². The molecule has 3 rings (SSSR count). The van der Waals surface area contributed by atoms with Crippen molar-refractivity contribution in [2.24, 2.45) is 0 Å². The van der Waals surface area contributed by atoms with Gasteiger partial charge < -0.3 is 9.84 Å². The van der Waals surface area contributed by atoms with E-state index in [0.717, 1.165) is 56.2 Å². The number of aromatic nitrogens is 2. The molecule has 28 heavy (non-hydrogen) atoms. The third-order valence-electron chi connectivity index (χ3n) is 5.38. The predicted molar refractivity (Wildman–Crippen MR) is 112 cm³/mol. The molecule has 0 unspecified atom stereocenters. The first-order chi connectivity index (χ1) is 13.6. The van der Waals surface area contributed by atoms with Crippen LogP contribution in [0.2, 0.25) is 0 Å². The van der Waals surface area contributed by atoms with E-state index >= 15 is 0 Å². The average molecular weight is 385 g/mol. The average Bonchev–Trinajstić information content (AvgIpc) is 3.15. The van der Waals surface area contributed by atoms with E-state index in [1.165, 1.54) is 11.1 Å². The molecule has 0 amide bonds. The molecule has 152 valence electrons. The van der Waals surface area contributed by atoms with Gasteiger partial charge >= 0.3 is 0 Å². The fraction of sp³-hybridized carbons (Fsp3) is 0.500. The Kier molecular flexibility index (Phi) is 7.25. The zero-order valence-electron chi connectivity index (χ0n) is 17.2. The zero-order chi connectivity index (χ0) is 19.9. The van der Waals surface area contributed by atoms with E-state index in [-0.39, 0.29) is 6.61 Å². The molecule has 1 aromatic carbocycles. The first kappa shape index (κ1) is 20.6. The molecule has 0 bridgehead atoms. The lowest BCUT2D eigenvalue weighted by molar-refractivity contribution is 0.0637. The van der Waals surface area contributed by atoms with Crippen LogP contribution in [-0.4, -0.2) is 71.0 Å². The second-order valence-electron chi connectivity index (χ2n) is 7.68. The maximum absolute atomic E-state index is 9.51. The van der Waals surface area contributed by atoms with Crippen LogP contribution in [0.15, 0.2) is 42.1 Å². The number of methoxy groups -OCH3 is 1. The number of nitrogens with zero attached hydrogens (tertiary/aromatic N) is 3. The van der Waals surface area contributed by atoms with Gasteiger partial charge in [-0.1, -0.05) is 11.6 Å². The van der Waals surface area contributed by atoms with Crippen molar-refractivity contribution in [2.45, 2.75) is 32.9 Å². The number of aromatic amines is 1. The summed E-state index contributed by atoms with van der Waals surface area (Å²) in [4.78, 5) is 4.96. The van der Waals surface area contributed by atoms with Crippen molar-refractivity contribution in [1.29, 1.82) is 0 Å². The van der Waals surface area contributed by atoms with E-state index in [4.69, 9.17) is 4.74 Å². The monoisotopic (exact) mass is 384 g/mol. The van der Waals surface area contributed by atoms with Gasteiger partial charge in [0.05, 0.1) is 19.0 Å². The number of hydrogen-bond acceptors (Lipinski definition) is 5. The lowest BCUT2D eigenvalue weighted by Gasteiger charge is -2.41. The van der Waals surface area contributed by atoms with Gasteiger partial charge in [0.2, 0.25) is 0 Å². The predicted octanol–water partition coefficient (Wildman–Crippen LogP) is 2.92. The molecule has 1 aliphatic heterocycles. The van der Waals surface area contributed by atoms with Crippen molar-refractivity contribution in [1.82, 2.24) is 20.0 Å². The van der Waals surface area contributed by atoms with Crippen molar-refractivity contribution in [3.8, 4) is 17.0 Å². The molecule has 1 aromatic heterocycles. The third kappa shape index (κ3) is 5.22. The van der Waals surface area contributed by atoms with Crippen molar-refractivity contribution >= 4 is 0 Å². The molecule has 0 radical (unpaired) electrons. The van der Waals surface area contributed by atoms with Crippen LogP contribution in [0.1, 0.15) is 25.8 Å². The van der Waals surface area contributed by atoms with Gasteiger partial charge in [-0.3, -0.25) is 14.9 Å². The van der Waals surface area contributed by atoms with E-state index in [9.17, 15) is 5.11 Å². The highest BCUT2D eigenvalue weighted by atomic mass is 16.5. The smallest absolute Gasteiger partial charge is 0.118 e. The highest BCUT2D eigenvalue weighted by Crippen LogP contribution is 2.25. The van der Waals surface area contributed by atoms with Gasteiger partial charge in [0, 0.05) is 56.5 Å². The molecule has 0 aliphatic carbocycles. The molecule has 6 nitrogen and oxygen atoms in total. The van der Waals surface area contributed by atoms with Crippen LogP contribution in [0.3, 0.4) is 0 Å². The topological polar surface area (TPSA) is 64.6 Å². The first-order valence-electron chi connectivity index (χ1n) is 9.98. The number of allylic oxidation sites excluding steroid dienone is 1. The Bertz CT molecular complexity index is 765. The molecule has 0 spiro atoms. The Morgan fingerprint density at radius 3 is 2.75 bits per heavy atom. The number of aliphatic hydroxyl groups is 1. The number of piperazine rings is 1. The van der Waals surface area contributed by atoms with Crippen LogP contribution in [0.25, 0.3) is 11.3 Å². The second-order valence-corrected chi connectivity index (χ2v) is 7.68. The molecule has 1 atom stereocenters. The van der Waals surface area contributed by atoms with Crippen LogP contribution < -0.4 is 4.74 Å². The minimum Gasteiger partial charge on any atom is -0.497 e. The molecule has 1 aliphatic rings. The summed E-state index contributed by atoms with van der Waals surface area (Å²) in [5.74, 6) is 0.851. The molecule has 6 heteroatoms. The first-order valence-corrected chi connectivity index (χ1v) is 9.98. The zero-order valence-corrected chi connectivity index (χ0v) is 17.2. The lowest BCUT2D eigenvalue weighted by atomic mass is 10.1. The van der Waals surface area contributed by atoms with E-state index in [1.54, 1.807) is 7.11 Å². The SMILES string of the molecule is COc1ccc(-c2[nH]ncc2CN2CCN(CC=C(C)C)[C@@H](CCO)C2)cc1. The number of ether oxygens (including phenoxy) is 1.